The van der Waals surface area contributed by atoms with Gasteiger partial charge in [0, 0.05) is 57.6 Å². The lowest BCUT2D eigenvalue weighted by Crippen LogP contribution is -2.45. The van der Waals surface area contributed by atoms with Gasteiger partial charge in [0.15, 0.2) is 0 Å². The number of likely N-dealkylation sites (N-methyl/N-ethyl adjacent to an activating group) is 1. The van der Waals surface area contributed by atoms with Crippen LogP contribution >= 0.6 is 0 Å². The number of carbonyl (C=O) groups excluding carboxylic acids is 1. The van der Waals surface area contributed by atoms with E-state index in [4.69, 9.17) is 4.74 Å². The predicted octanol–water partition coefficient (Wildman–Crippen LogP) is 2.07. The fourth-order valence-electron chi connectivity index (χ4n) is 3.07. The average molecular weight is 383 g/mol. The van der Waals surface area contributed by atoms with Gasteiger partial charge < -0.3 is 20.3 Å². The van der Waals surface area contributed by atoms with Gasteiger partial charge in [0.1, 0.15) is 12.4 Å². The summed E-state index contributed by atoms with van der Waals surface area (Å²) >= 11 is 0. The highest BCUT2D eigenvalue weighted by Gasteiger charge is 2.14. The number of nitrogens with zero attached hydrogens (tertiary/aromatic N) is 3. The van der Waals surface area contributed by atoms with Gasteiger partial charge in [0.05, 0.1) is 5.69 Å². The van der Waals surface area contributed by atoms with Crippen molar-refractivity contribution < 1.29 is 9.53 Å². The van der Waals surface area contributed by atoms with Crippen molar-refractivity contribution in [3.8, 4) is 5.75 Å². The number of hydrogen-bond donors (Lipinski definition) is 2. The van der Waals surface area contributed by atoms with E-state index in [1.807, 2.05) is 42.5 Å². The maximum atomic E-state index is 12.2. The third-order valence-corrected chi connectivity index (χ3v) is 4.79. The van der Waals surface area contributed by atoms with Gasteiger partial charge in [0.25, 0.3) is 0 Å². The second-order valence-electron chi connectivity index (χ2n) is 6.94. The maximum absolute atomic E-state index is 12.2. The highest BCUT2D eigenvalue weighted by Crippen LogP contribution is 2.23. The molecule has 0 saturated carbocycles. The quantitative estimate of drug-likeness (QED) is 0.730. The Labute approximate surface area is 166 Å². The minimum absolute atomic E-state index is 0.244. The van der Waals surface area contributed by atoms with Crippen LogP contribution in [-0.2, 0) is 6.42 Å². The maximum Gasteiger partial charge on any atom is 0.319 e. The van der Waals surface area contributed by atoms with Crippen molar-refractivity contribution in [2.45, 2.75) is 6.42 Å². The molecule has 2 heterocycles. The molecule has 0 atom stereocenters. The van der Waals surface area contributed by atoms with Crippen LogP contribution in [0.3, 0.4) is 0 Å². The van der Waals surface area contributed by atoms with Gasteiger partial charge in [-0.05, 0) is 31.3 Å². The van der Waals surface area contributed by atoms with E-state index in [1.54, 1.807) is 6.20 Å². The molecular weight excluding hydrogens is 354 g/mol. The Hall–Kier alpha value is -2.64. The molecule has 1 aliphatic rings. The summed E-state index contributed by atoms with van der Waals surface area (Å²) in [7, 11) is 2.15. The molecule has 0 aliphatic carbocycles. The Morgan fingerprint density at radius 2 is 1.89 bits per heavy atom. The number of carbonyl (C=O) groups is 1. The Morgan fingerprint density at radius 1 is 1.11 bits per heavy atom. The second kappa shape index (κ2) is 10.6. The first kappa shape index (κ1) is 20.1. The number of anilines is 1. The van der Waals surface area contributed by atoms with E-state index < -0.39 is 0 Å². The normalized spacial score (nSPS) is 15.2. The van der Waals surface area contributed by atoms with Gasteiger partial charge in [-0.3, -0.25) is 9.88 Å². The van der Waals surface area contributed by atoms with Crippen LogP contribution in [0.1, 0.15) is 5.69 Å². The van der Waals surface area contributed by atoms with Crippen molar-refractivity contribution in [3.63, 3.8) is 0 Å². The zero-order valence-corrected chi connectivity index (χ0v) is 16.4. The van der Waals surface area contributed by atoms with Crippen LogP contribution in [0.4, 0.5) is 10.5 Å². The van der Waals surface area contributed by atoms with Gasteiger partial charge >= 0.3 is 6.03 Å². The lowest BCUT2D eigenvalue weighted by molar-refractivity contribution is 0.134. The molecule has 0 unspecified atom stereocenters. The first-order valence-electron chi connectivity index (χ1n) is 9.78. The number of pyridine rings is 1. The van der Waals surface area contributed by atoms with Gasteiger partial charge in [0.2, 0.25) is 0 Å². The Balaban J connectivity index is 1.42. The summed E-state index contributed by atoms with van der Waals surface area (Å²) in [4.78, 5) is 21.2. The molecule has 1 saturated heterocycles. The van der Waals surface area contributed by atoms with E-state index >= 15 is 0 Å². The van der Waals surface area contributed by atoms with Crippen molar-refractivity contribution in [3.05, 3.63) is 54.4 Å². The van der Waals surface area contributed by atoms with Crippen LogP contribution in [0.5, 0.6) is 5.75 Å². The molecule has 7 nitrogen and oxygen atoms in total. The van der Waals surface area contributed by atoms with Crippen LogP contribution in [0.2, 0.25) is 0 Å². The summed E-state index contributed by atoms with van der Waals surface area (Å²) in [6.07, 6.45) is 2.45. The third kappa shape index (κ3) is 6.51. The molecule has 7 heteroatoms. The predicted molar refractivity (Wildman–Crippen MR) is 111 cm³/mol. The number of rotatable bonds is 8. The largest absolute Gasteiger partial charge is 0.490 e. The fraction of sp³-hybridized carbons (Fsp3) is 0.429. The standard InChI is InChI=1S/C21H29N5O2/c1-25-12-14-26(15-13-25)16-17-28-20-8-3-2-7-19(20)24-21(27)23-11-9-18-6-4-5-10-22-18/h2-8,10H,9,11-17H2,1H3,(H2,23,24,27). The van der Waals surface area contributed by atoms with Crippen LogP contribution in [0.25, 0.3) is 0 Å². The fourth-order valence-corrected chi connectivity index (χ4v) is 3.07. The van der Waals surface area contributed by atoms with Gasteiger partial charge in [-0.2, -0.15) is 0 Å². The second-order valence-corrected chi connectivity index (χ2v) is 6.94. The highest BCUT2D eigenvalue weighted by atomic mass is 16.5. The molecular formula is C21H29N5O2. The highest BCUT2D eigenvalue weighted by molar-refractivity contribution is 5.90. The van der Waals surface area contributed by atoms with Gasteiger partial charge in [-0.15, -0.1) is 0 Å². The van der Waals surface area contributed by atoms with Crippen LogP contribution in [0.15, 0.2) is 48.7 Å². The molecule has 2 N–H and O–H groups in total. The molecule has 3 rings (SSSR count). The lowest BCUT2D eigenvalue weighted by atomic mass is 10.3. The van der Waals surface area contributed by atoms with Crippen LogP contribution in [-0.4, -0.2) is 73.7 Å². The Morgan fingerprint density at radius 3 is 2.68 bits per heavy atom. The number of nitrogens with one attached hydrogen (secondary N) is 2. The molecule has 2 amide bonds. The number of amides is 2. The number of urea groups is 1. The minimum Gasteiger partial charge on any atom is -0.490 e. The number of benzene rings is 1. The minimum atomic E-state index is -0.244. The van der Waals surface area contributed by atoms with Gasteiger partial charge in [-0.25, -0.2) is 4.79 Å². The van der Waals surface area contributed by atoms with Crippen molar-refractivity contribution in [2.24, 2.45) is 0 Å². The zero-order chi connectivity index (χ0) is 19.6. The average Bonchev–Trinajstić information content (AvgIpc) is 2.71. The molecule has 1 aliphatic heterocycles. The number of aromatic nitrogens is 1. The van der Waals surface area contributed by atoms with E-state index in [0.29, 0.717) is 31.0 Å². The molecule has 0 bridgehead atoms. The Bertz CT molecular complexity index is 733. The number of ether oxygens (including phenoxy) is 1. The SMILES string of the molecule is CN1CCN(CCOc2ccccc2NC(=O)NCCc2ccccn2)CC1. The van der Waals surface area contributed by atoms with E-state index in [9.17, 15) is 4.79 Å². The summed E-state index contributed by atoms with van der Waals surface area (Å²) in [5.74, 6) is 0.691. The van der Waals surface area contributed by atoms with E-state index in [0.717, 1.165) is 38.4 Å². The first-order chi connectivity index (χ1) is 13.7. The van der Waals surface area contributed by atoms with E-state index in [-0.39, 0.29) is 6.03 Å². The molecule has 1 fully saturated rings. The summed E-state index contributed by atoms with van der Waals surface area (Å²) in [6.45, 7) is 6.34. The number of hydrogen-bond acceptors (Lipinski definition) is 5. The molecule has 1 aromatic heterocycles. The zero-order valence-electron chi connectivity index (χ0n) is 16.4. The Kier molecular flexibility index (Phi) is 7.63. The summed E-state index contributed by atoms with van der Waals surface area (Å²) in [5, 5.41) is 5.74. The summed E-state index contributed by atoms with van der Waals surface area (Å²) in [6, 6.07) is 13.1. The molecule has 1 aromatic carbocycles. The number of para-hydroxylation sites is 2. The monoisotopic (exact) mass is 383 g/mol. The topological polar surface area (TPSA) is 69.7 Å². The van der Waals surface area contributed by atoms with Crippen molar-refractivity contribution in [2.75, 3.05) is 58.2 Å². The van der Waals surface area contributed by atoms with Crippen molar-refractivity contribution in [1.29, 1.82) is 0 Å². The molecule has 28 heavy (non-hydrogen) atoms. The van der Waals surface area contributed by atoms with Crippen LogP contribution < -0.4 is 15.4 Å². The molecule has 150 valence electrons. The lowest BCUT2D eigenvalue weighted by Gasteiger charge is -2.32. The molecule has 0 radical (unpaired) electrons. The first-order valence-corrected chi connectivity index (χ1v) is 9.78. The van der Waals surface area contributed by atoms with Crippen LogP contribution in [0, 0.1) is 0 Å². The van der Waals surface area contributed by atoms with E-state index in [1.165, 1.54) is 0 Å². The van der Waals surface area contributed by atoms with Crippen molar-refractivity contribution in [1.82, 2.24) is 20.1 Å². The molecule has 0 spiro atoms. The van der Waals surface area contributed by atoms with Crippen molar-refractivity contribution >= 4 is 11.7 Å². The van der Waals surface area contributed by atoms with E-state index in [2.05, 4.69) is 32.5 Å². The summed E-state index contributed by atoms with van der Waals surface area (Å²) < 4.78 is 5.93. The summed E-state index contributed by atoms with van der Waals surface area (Å²) in [5.41, 5.74) is 1.63. The number of piperazine rings is 1. The third-order valence-electron chi connectivity index (χ3n) is 4.79. The molecule has 2 aromatic rings. The van der Waals surface area contributed by atoms with Gasteiger partial charge in [-0.1, -0.05) is 18.2 Å². The smallest absolute Gasteiger partial charge is 0.319 e.